The number of hydrogen-bond donors (Lipinski definition) is 1. The van der Waals surface area contributed by atoms with E-state index in [0.29, 0.717) is 19.6 Å². The summed E-state index contributed by atoms with van der Waals surface area (Å²) >= 11 is 0. The van der Waals surface area contributed by atoms with Crippen molar-refractivity contribution in [1.29, 1.82) is 0 Å². The molecule has 1 N–H and O–H groups in total. The van der Waals surface area contributed by atoms with Gasteiger partial charge in [-0.15, -0.1) is 0 Å². The maximum absolute atomic E-state index is 12.0. The molecule has 1 aliphatic rings. The summed E-state index contributed by atoms with van der Waals surface area (Å²) < 4.78 is 5.28. The Balaban J connectivity index is 1.73. The van der Waals surface area contributed by atoms with Crippen molar-refractivity contribution in [3.8, 4) is 0 Å². The molecule has 1 aliphatic heterocycles. The summed E-state index contributed by atoms with van der Waals surface area (Å²) in [6, 6.07) is 0. The van der Waals surface area contributed by atoms with E-state index >= 15 is 0 Å². The number of nitrogens with one attached hydrogen (secondary N) is 1. The molecule has 0 aromatic heterocycles. The van der Waals surface area contributed by atoms with Crippen molar-refractivity contribution >= 4 is 5.91 Å². The average molecular weight is 409 g/mol. The van der Waals surface area contributed by atoms with Crippen molar-refractivity contribution in [2.24, 2.45) is 0 Å². The first-order chi connectivity index (χ1) is 14.3. The van der Waals surface area contributed by atoms with Gasteiger partial charge in [0, 0.05) is 26.1 Å². The molecule has 1 heterocycles. The Morgan fingerprint density at radius 1 is 0.793 bits per heavy atom. The first-order valence-electron chi connectivity index (χ1n) is 12.6. The smallest absolute Gasteiger partial charge is 0.224 e. The van der Waals surface area contributed by atoms with Gasteiger partial charge in [-0.1, -0.05) is 76.9 Å². The molecular weight excluding hydrogens is 360 g/mol. The summed E-state index contributed by atoms with van der Waals surface area (Å²) in [6.45, 7) is 7.02. The van der Waals surface area contributed by atoms with Gasteiger partial charge in [0.25, 0.3) is 0 Å². The Hall–Kier alpha value is -0.870. The fourth-order valence-corrected chi connectivity index (χ4v) is 3.79. The van der Waals surface area contributed by atoms with Crippen molar-refractivity contribution in [3.05, 3.63) is 12.2 Å². The van der Waals surface area contributed by atoms with Crippen LogP contribution in [-0.4, -0.2) is 50.2 Å². The second-order valence-electron chi connectivity index (χ2n) is 8.43. The van der Waals surface area contributed by atoms with Gasteiger partial charge in [0.2, 0.25) is 5.91 Å². The van der Waals surface area contributed by atoms with Crippen LogP contribution in [0.15, 0.2) is 12.2 Å². The number of carbonyl (C=O) groups excluding carboxylic acids is 1. The second-order valence-corrected chi connectivity index (χ2v) is 8.43. The summed E-state index contributed by atoms with van der Waals surface area (Å²) in [7, 11) is 0. The first kappa shape index (κ1) is 26.2. The molecule has 1 saturated heterocycles. The summed E-state index contributed by atoms with van der Waals surface area (Å²) in [4.78, 5) is 13.9. The van der Waals surface area contributed by atoms with Crippen LogP contribution < -0.4 is 5.32 Å². The number of rotatable bonds is 19. The van der Waals surface area contributed by atoms with Gasteiger partial charge in [-0.05, 0) is 38.6 Å². The van der Waals surface area contributed by atoms with Crippen LogP contribution in [0.2, 0.25) is 0 Å². The number of carbonyl (C=O) groups is 1. The Bertz CT molecular complexity index is 392. The molecule has 0 aromatic carbocycles. The molecule has 0 radical (unpaired) electrons. The lowest BCUT2D eigenvalue weighted by Gasteiger charge is -2.26. The molecule has 4 heteroatoms. The van der Waals surface area contributed by atoms with Gasteiger partial charge < -0.3 is 15.0 Å². The monoisotopic (exact) mass is 408 g/mol. The SMILES string of the molecule is CCCCCCCCC=CCCCCCCCCNCCC(=O)N1CCOCC1. The Morgan fingerprint density at radius 2 is 1.34 bits per heavy atom. The third kappa shape index (κ3) is 16.6. The zero-order valence-corrected chi connectivity index (χ0v) is 19.3. The first-order valence-corrected chi connectivity index (χ1v) is 12.6. The number of unbranched alkanes of at least 4 members (excludes halogenated alkanes) is 12. The Morgan fingerprint density at radius 3 is 1.97 bits per heavy atom. The normalized spacial score (nSPS) is 14.7. The molecule has 0 atom stereocenters. The molecule has 29 heavy (non-hydrogen) atoms. The number of amides is 1. The standard InChI is InChI=1S/C25H48N2O2/c1-2-3-4-5-6-7-8-9-10-11-12-13-14-15-16-17-19-26-20-18-25(28)27-21-23-29-24-22-27/h9-10,26H,2-8,11-24H2,1H3. The van der Waals surface area contributed by atoms with Gasteiger partial charge in [-0.2, -0.15) is 0 Å². The Labute approximate surface area is 180 Å². The van der Waals surface area contributed by atoms with Crippen LogP contribution in [-0.2, 0) is 9.53 Å². The van der Waals surface area contributed by atoms with Crippen LogP contribution in [0.3, 0.4) is 0 Å². The van der Waals surface area contributed by atoms with E-state index in [9.17, 15) is 4.79 Å². The van der Waals surface area contributed by atoms with E-state index in [4.69, 9.17) is 4.74 Å². The van der Waals surface area contributed by atoms with Crippen LogP contribution in [0.1, 0.15) is 103 Å². The molecule has 0 spiro atoms. The van der Waals surface area contributed by atoms with Crippen molar-refractivity contribution in [2.75, 3.05) is 39.4 Å². The molecule has 0 unspecified atom stereocenters. The van der Waals surface area contributed by atoms with Gasteiger partial charge >= 0.3 is 0 Å². The highest BCUT2D eigenvalue weighted by Crippen LogP contribution is 2.09. The lowest BCUT2D eigenvalue weighted by molar-refractivity contribution is -0.135. The van der Waals surface area contributed by atoms with E-state index in [0.717, 1.165) is 26.2 Å². The predicted molar refractivity (Wildman–Crippen MR) is 124 cm³/mol. The van der Waals surface area contributed by atoms with Crippen molar-refractivity contribution in [2.45, 2.75) is 103 Å². The minimum Gasteiger partial charge on any atom is -0.378 e. The highest BCUT2D eigenvalue weighted by atomic mass is 16.5. The van der Waals surface area contributed by atoms with E-state index in [2.05, 4.69) is 24.4 Å². The fourth-order valence-electron chi connectivity index (χ4n) is 3.79. The molecule has 0 bridgehead atoms. The molecule has 0 aromatic rings. The van der Waals surface area contributed by atoms with Gasteiger partial charge in [0.15, 0.2) is 0 Å². The number of allylic oxidation sites excluding steroid dienone is 2. The maximum Gasteiger partial charge on any atom is 0.224 e. The molecule has 1 fully saturated rings. The van der Waals surface area contributed by atoms with Crippen molar-refractivity contribution in [3.63, 3.8) is 0 Å². The maximum atomic E-state index is 12.0. The van der Waals surface area contributed by atoms with E-state index < -0.39 is 0 Å². The van der Waals surface area contributed by atoms with Crippen molar-refractivity contribution in [1.82, 2.24) is 10.2 Å². The van der Waals surface area contributed by atoms with E-state index in [-0.39, 0.29) is 5.91 Å². The van der Waals surface area contributed by atoms with Gasteiger partial charge in [0.05, 0.1) is 13.2 Å². The molecule has 4 nitrogen and oxygen atoms in total. The van der Waals surface area contributed by atoms with E-state index in [1.54, 1.807) is 0 Å². The Kier molecular flexibility index (Phi) is 18.4. The fraction of sp³-hybridized carbons (Fsp3) is 0.880. The van der Waals surface area contributed by atoms with Crippen LogP contribution in [0.25, 0.3) is 0 Å². The zero-order valence-electron chi connectivity index (χ0n) is 19.3. The highest BCUT2D eigenvalue weighted by Gasteiger charge is 2.15. The summed E-state index contributed by atoms with van der Waals surface area (Å²) in [5.41, 5.74) is 0. The molecule has 0 saturated carbocycles. The quantitative estimate of drug-likeness (QED) is 0.215. The van der Waals surface area contributed by atoms with Crippen LogP contribution in [0.5, 0.6) is 0 Å². The van der Waals surface area contributed by atoms with E-state index in [1.807, 2.05) is 4.90 Å². The summed E-state index contributed by atoms with van der Waals surface area (Å²) in [6.07, 6.45) is 24.3. The molecule has 0 aliphatic carbocycles. The minimum absolute atomic E-state index is 0.266. The molecule has 170 valence electrons. The van der Waals surface area contributed by atoms with E-state index in [1.165, 1.54) is 89.9 Å². The number of morpholine rings is 1. The highest BCUT2D eigenvalue weighted by molar-refractivity contribution is 5.76. The summed E-state index contributed by atoms with van der Waals surface area (Å²) in [5, 5.41) is 3.42. The molecular formula is C25H48N2O2. The van der Waals surface area contributed by atoms with Crippen LogP contribution in [0.4, 0.5) is 0 Å². The molecule has 1 amide bonds. The zero-order chi connectivity index (χ0) is 20.8. The topological polar surface area (TPSA) is 41.6 Å². The van der Waals surface area contributed by atoms with Crippen LogP contribution >= 0.6 is 0 Å². The average Bonchev–Trinajstić information content (AvgIpc) is 2.75. The summed E-state index contributed by atoms with van der Waals surface area (Å²) in [5.74, 6) is 0.266. The third-order valence-electron chi connectivity index (χ3n) is 5.74. The van der Waals surface area contributed by atoms with Crippen LogP contribution in [0, 0.1) is 0 Å². The molecule has 1 rings (SSSR count). The lowest BCUT2D eigenvalue weighted by Crippen LogP contribution is -2.41. The number of ether oxygens (including phenoxy) is 1. The third-order valence-corrected chi connectivity index (χ3v) is 5.74. The van der Waals surface area contributed by atoms with Gasteiger partial charge in [-0.3, -0.25) is 4.79 Å². The van der Waals surface area contributed by atoms with Gasteiger partial charge in [0.1, 0.15) is 0 Å². The largest absolute Gasteiger partial charge is 0.378 e. The van der Waals surface area contributed by atoms with Crippen molar-refractivity contribution < 1.29 is 9.53 Å². The lowest BCUT2D eigenvalue weighted by atomic mass is 10.1. The number of hydrogen-bond acceptors (Lipinski definition) is 3. The predicted octanol–water partition coefficient (Wildman–Crippen LogP) is 5.86. The van der Waals surface area contributed by atoms with Gasteiger partial charge in [-0.25, -0.2) is 0 Å². The number of nitrogens with zero attached hydrogens (tertiary/aromatic N) is 1. The minimum atomic E-state index is 0.266. The second kappa shape index (κ2) is 20.4.